The molecule has 0 bridgehead atoms. The van der Waals surface area contributed by atoms with Crippen LogP contribution < -0.4 is 0 Å². The van der Waals surface area contributed by atoms with Crippen LogP contribution in [0.15, 0.2) is 41.5 Å². The van der Waals surface area contributed by atoms with E-state index < -0.39 is 0 Å². The lowest BCUT2D eigenvalue weighted by Gasteiger charge is -2.30. The van der Waals surface area contributed by atoms with E-state index >= 15 is 0 Å². The van der Waals surface area contributed by atoms with Crippen molar-refractivity contribution in [2.75, 3.05) is 26.7 Å². The fourth-order valence-corrected chi connectivity index (χ4v) is 5.64. The molecule has 1 aromatic heterocycles. The summed E-state index contributed by atoms with van der Waals surface area (Å²) in [6.45, 7) is 10.3. The Bertz CT molecular complexity index is 967. The van der Waals surface area contributed by atoms with Gasteiger partial charge >= 0.3 is 0 Å². The van der Waals surface area contributed by atoms with Crippen molar-refractivity contribution >= 4 is 10.9 Å². The van der Waals surface area contributed by atoms with E-state index in [1.165, 1.54) is 73.8 Å². The number of aryl methyl sites for hydroxylation is 1. The fraction of sp³-hybridized carbons (Fsp3) is 0.538. The highest BCUT2D eigenvalue weighted by Crippen LogP contribution is 2.37. The predicted octanol–water partition coefficient (Wildman–Crippen LogP) is 5.07. The molecule has 0 radical (unpaired) electrons. The van der Waals surface area contributed by atoms with Crippen molar-refractivity contribution < 1.29 is 0 Å². The van der Waals surface area contributed by atoms with Gasteiger partial charge in [0.15, 0.2) is 0 Å². The molecular formula is C26H35N3. The number of hydrogen-bond donors (Lipinski definition) is 0. The number of benzene rings is 1. The van der Waals surface area contributed by atoms with Crippen molar-refractivity contribution in [1.82, 2.24) is 14.4 Å². The molecule has 3 aliphatic heterocycles. The minimum Gasteiger partial charge on any atom is -0.339 e. The standard InChI is InChI=1S/C26H35N3/c1-19-6-7-25-23(16-19)24-17-22-5-4-11-28(22)18-26(24)29(25)14-8-20(2)15-21-9-12-27(3)13-10-21/h6-8,15-16,22H,4-5,9-14,17-18H2,1-3H3/b20-8-. The molecule has 1 aromatic carbocycles. The van der Waals surface area contributed by atoms with Gasteiger partial charge in [0.1, 0.15) is 0 Å². The van der Waals surface area contributed by atoms with Gasteiger partial charge in [-0.2, -0.15) is 0 Å². The molecule has 3 aliphatic rings. The molecule has 29 heavy (non-hydrogen) atoms. The van der Waals surface area contributed by atoms with Crippen LogP contribution in [0.4, 0.5) is 0 Å². The van der Waals surface area contributed by atoms with E-state index in [1.54, 1.807) is 16.8 Å². The van der Waals surface area contributed by atoms with E-state index in [0.717, 1.165) is 19.1 Å². The van der Waals surface area contributed by atoms with Crippen molar-refractivity contribution in [2.45, 2.75) is 65.1 Å². The van der Waals surface area contributed by atoms with Crippen molar-refractivity contribution in [3.63, 3.8) is 0 Å². The lowest BCUT2D eigenvalue weighted by atomic mass is 9.96. The van der Waals surface area contributed by atoms with Gasteiger partial charge in [-0.3, -0.25) is 4.90 Å². The minimum atomic E-state index is 0.772. The van der Waals surface area contributed by atoms with Crippen LogP contribution in [0.25, 0.3) is 10.9 Å². The number of likely N-dealkylation sites (tertiary alicyclic amines) is 1. The molecule has 0 aliphatic carbocycles. The van der Waals surface area contributed by atoms with E-state index in [4.69, 9.17) is 0 Å². The molecule has 1 atom stereocenters. The van der Waals surface area contributed by atoms with E-state index in [1.807, 2.05) is 0 Å². The Morgan fingerprint density at radius 3 is 2.83 bits per heavy atom. The first kappa shape index (κ1) is 19.1. The molecule has 0 N–H and O–H groups in total. The maximum Gasteiger partial charge on any atom is 0.0488 e. The molecular weight excluding hydrogens is 354 g/mol. The zero-order valence-corrected chi connectivity index (χ0v) is 18.4. The molecule has 2 fully saturated rings. The second kappa shape index (κ2) is 7.77. The molecule has 3 nitrogen and oxygen atoms in total. The summed E-state index contributed by atoms with van der Waals surface area (Å²) in [4.78, 5) is 5.16. The van der Waals surface area contributed by atoms with Gasteiger partial charge in [-0.15, -0.1) is 0 Å². The van der Waals surface area contributed by atoms with Crippen LogP contribution in [-0.2, 0) is 19.5 Å². The number of nitrogens with zero attached hydrogens (tertiary/aromatic N) is 3. The van der Waals surface area contributed by atoms with Crippen LogP contribution in [0.3, 0.4) is 0 Å². The predicted molar refractivity (Wildman–Crippen MR) is 122 cm³/mol. The van der Waals surface area contributed by atoms with Gasteiger partial charge in [0, 0.05) is 48.8 Å². The molecule has 2 aromatic rings. The lowest BCUT2D eigenvalue weighted by Crippen LogP contribution is -2.35. The van der Waals surface area contributed by atoms with Crippen LogP contribution >= 0.6 is 0 Å². The molecule has 3 heteroatoms. The Labute approximate surface area is 175 Å². The molecule has 0 amide bonds. The second-order valence-corrected chi connectivity index (χ2v) is 9.58. The Balaban J connectivity index is 1.46. The Hall–Kier alpha value is -1.84. The second-order valence-electron chi connectivity index (χ2n) is 9.58. The summed E-state index contributed by atoms with van der Waals surface area (Å²) in [6.07, 6.45) is 11.3. The van der Waals surface area contributed by atoms with Crippen LogP contribution in [0.1, 0.15) is 49.4 Å². The fourth-order valence-electron chi connectivity index (χ4n) is 5.64. The molecule has 0 spiro atoms. The summed E-state index contributed by atoms with van der Waals surface area (Å²) < 4.78 is 2.61. The van der Waals surface area contributed by atoms with Crippen LogP contribution in [0.5, 0.6) is 0 Å². The number of allylic oxidation sites excluding steroid dienone is 3. The first-order chi connectivity index (χ1) is 14.1. The average Bonchev–Trinajstić information content (AvgIpc) is 3.28. The summed E-state index contributed by atoms with van der Waals surface area (Å²) in [5.74, 6) is 0. The minimum absolute atomic E-state index is 0.772. The Kier molecular flexibility index (Phi) is 5.13. The molecule has 5 rings (SSSR count). The van der Waals surface area contributed by atoms with Gasteiger partial charge in [0.2, 0.25) is 0 Å². The van der Waals surface area contributed by atoms with Gasteiger partial charge in [0.05, 0.1) is 0 Å². The van der Waals surface area contributed by atoms with E-state index in [2.05, 4.69) is 65.6 Å². The van der Waals surface area contributed by atoms with Gasteiger partial charge < -0.3 is 9.47 Å². The first-order valence-electron chi connectivity index (χ1n) is 11.5. The number of aromatic nitrogens is 1. The number of piperidine rings is 1. The van der Waals surface area contributed by atoms with Crippen molar-refractivity contribution in [1.29, 1.82) is 0 Å². The largest absolute Gasteiger partial charge is 0.339 e. The average molecular weight is 390 g/mol. The molecule has 2 saturated heterocycles. The zero-order valence-electron chi connectivity index (χ0n) is 18.4. The van der Waals surface area contributed by atoms with Crippen LogP contribution in [0.2, 0.25) is 0 Å². The maximum atomic E-state index is 2.72. The van der Waals surface area contributed by atoms with Gasteiger partial charge in [-0.1, -0.05) is 34.9 Å². The summed E-state index contributed by atoms with van der Waals surface area (Å²) in [7, 11) is 2.23. The van der Waals surface area contributed by atoms with E-state index in [0.29, 0.717) is 0 Å². The summed E-state index contributed by atoms with van der Waals surface area (Å²) >= 11 is 0. The Morgan fingerprint density at radius 2 is 2.00 bits per heavy atom. The van der Waals surface area contributed by atoms with Crippen molar-refractivity contribution in [3.05, 3.63) is 58.3 Å². The Morgan fingerprint density at radius 1 is 1.17 bits per heavy atom. The number of hydrogen-bond acceptors (Lipinski definition) is 2. The lowest BCUT2D eigenvalue weighted by molar-refractivity contribution is 0.222. The van der Waals surface area contributed by atoms with Crippen LogP contribution in [0, 0.1) is 6.92 Å². The highest BCUT2D eigenvalue weighted by molar-refractivity contribution is 5.86. The van der Waals surface area contributed by atoms with Crippen LogP contribution in [-0.4, -0.2) is 47.1 Å². The summed E-state index contributed by atoms with van der Waals surface area (Å²) in [6, 6.07) is 7.83. The topological polar surface area (TPSA) is 11.4 Å². The smallest absolute Gasteiger partial charge is 0.0488 e. The van der Waals surface area contributed by atoms with Crippen molar-refractivity contribution in [3.8, 4) is 0 Å². The SMILES string of the molecule is C/C(C=C1CCN(C)CC1)=C/Cn1c2c(c3cc(C)ccc31)CC1CCCN1C2. The van der Waals surface area contributed by atoms with E-state index in [9.17, 15) is 0 Å². The molecule has 154 valence electrons. The molecule has 0 saturated carbocycles. The van der Waals surface area contributed by atoms with Gasteiger partial charge in [0.25, 0.3) is 0 Å². The third kappa shape index (κ3) is 3.71. The molecule has 4 heterocycles. The monoisotopic (exact) mass is 389 g/mol. The third-order valence-corrected chi connectivity index (χ3v) is 7.39. The highest BCUT2D eigenvalue weighted by atomic mass is 15.2. The normalized spacial score (nSPS) is 23.5. The van der Waals surface area contributed by atoms with Gasteiger partial charge in [-0.05, 0) is 77.2 Å². The zero-order chi connectivity index (χ0) is 20.0. The summed E-state index contributed by atoms with van der Waals surface area (Å²) in [5, 5.41) is 1.51. The maximum absolute atomic E-state index is 2.72. The highest BCUT2D eigenvalue weighted by Gasteiger charge is 2.33. The molecule has 1 unspecified atom stereocenters. The van der Waals surface area contributed by atoms with Crippen molar-refractivity contribution in [2.24, 2.45) is 0 Å². The quantitative estimate of drug-likeness (QED) is 0.726. The van der Waals surface area contributed by atoms with Gasteiger partial charge in [-0.25, -0.2) is 0 Å². The number of fused-ring (bicyclic) bond motifs is 4. The first-order valence-corrected chi connectivity index (χ1v) is 11.5. The summed E-state index contributed by atoms with van der Waals surface area (Å²) in [5.41, 5.74) is 9.04. The number of rotatable bonds is 3. The third-order valence-electron chi connectivity index (χ3n) is 7.39. The van der Waals surface area contributed by atoms with E-state index in [-0.39, 0.29) is 0 Å².